The van der Waals surface area contributed by atoms with Crippen LogP contribution in [0.25, 0.3) is 11.2 Å². The maximum absolute atomic E-state index is 11.5. The third-order valence-electron chi connectivity index (χ3n) is 8.13. The van der Waals surface area contributed by atoms with E-state index in [9.17, 15) is 34.9 Å². The van der Waals surface area contributed by atoms with Crippen LogP contribution in [0.2, 0.25) is 0 Å². The molecule has 296 valence electrons. The number of ether oxygens (including phenoxy) is 6. The Morgan fingerprint density at radius 1 is 1.02 bits per heavy atom. The minimum Gasteiger partial charge on any atom is -0.394 e. The van der Waals surface area contributed by atoms with Crippen molar-refractivity contribution in [2.24, 2.45) is 0 Å². The third-order valence-corrected chi connectivity index (χ3v) is 8.61. The number of phosphoric acid groups is 1. The van der Waals surface area contributed by atoms with Gasteiger partial charge >= 0.3 is 7.82 Å². The van der Waals surface area contributed by atoms with Gasteiger partial charge in [-0.2, -0.15) is 0 Å². The number of nitrogens with zero attached hydrogens (tertiary/aromatic N) is 4. The molecule has 0 saturated carbocycles. The number of carbonyl (C=O) groups excluding carboxylic acids is 1. The van der Waals surface area contributed by atoms with Gasteiger partial charge in [-0.25, -0.2) is 19.5 Å². The van der Waals surface area contributed by atoms with Crippen LogP contribution in [0.3, 0.4) is 0 Å². The standard InChI is InChI=1S/C28H48N7O16P/c1-15(37)34-19-23(41)21(39)16(10-36)51-28(19)47-6-3-2-4-18(38)30-5-7-45-8-9-46-14-48-24-22(40)17(11-49-52(42,43)44)50-27(24)35-13-33-20-25(29)31-12-32-26(20)35/h12-13,16-19,21-24,27-28,30,36,38-41H,2-11,14H2,1H3,(H,34,37)(H2,29,31,32)(H2,42,43,44)/t16-,17-,18?,19-,21+,22-,23-,24-,27-,28-/m1/s1. The van der Waals surface area contributed by atoms with Crippen molar-refractivity contribution in [3.05, 3.63) is 12.7 Å². The second kappa shape index (κ2) is 20.2. The van der Waals surface area contributed by atoms with Crippen molar-refractivity contribution < 1.29 is 77.6 Å². The normalized spacial score (nSPS) is 28.7. The number of phosphoric ester groups is 1. The molecule has 2 aliphatic rings. The van der Waals surface area contributed by atoms with Gasteiger partial charge in [0.1, 0.15) is 67.5 Å². The highest BCUT2D eigenvalue weighted by molar-refractivity contribution is 7.46. The molecule has 10 atom stereocenters. The minimum absolute atomic E-state index is 0.113. The number of unbranched alkanes of at least 4 members (excludes halogenated alkanes) is 1. The van der Waals surface area contributed by atoms with Gasteiger partial charge in [0, 0.05) is 20.1 Å². The fourth-order valence-electron chi connectivity index (χ4n) is 5.54. The molecule has 1 amide bonds. The Balaban J connectivity index is 1.09. The van der Waals surface area contributed by atoms with Crippen LogP contribution in [0.1, 0.15) is 32.4 Å². The lowest BCUT2D eigenvalue weighted by Crippen LogP contribution is -2.64. The van der Waals surface area contributed by atoms with Crippen LogP contribution in [-0.2, 0) is 42.3 Å². The molecule has 2 saturated heterocycles. The Kier molecular flexibility index (Phi) is 16.4. The number of rotatable bonds is 22. The number of aromatic nitrogens is 4. The number of fused-ring (bicyclic) bond motifs is 1. The van der Waals surface area contributed by atoms with Gasteiger partial charge in [0.25, 0.3) is 0 Å². The SMILES string of the molecule is CC(=O)N[C@H]1[C@H](OCCCCC(O)NCCOCCOCO[C@@H]2[C@H](O)[C@@H](COP(=O)(O)O)O[C@H]2n2cnc3c(N)ncnc32)O[C@H](CO)[C@H](O)[C@@H]1O. The summed E-state index contributed by atoms with van der Waals surface area (Å²) < 4.78 is 50.9. The summed E-state index contributed by atoms with van der Waals surface area (Å²) in [5, 5.41) is 56.3. The molecule has 0 aliphatic carbocycles. The number of nitrogens with two attached hydrogens (primary N) is 1. The van der Waals surface area contributed by atoms with E-state index < -0.39 is 88.4 Å². The van der Waals surface area contributed by atoms with E-state index in [1.54, 1.807) is 0 Å². The summed E-state index contributed by atoms with van der Waals surface area (Å²) in [6, 6.07) is -1.02. The van der Waals surface area contributed by atoms with Crippen LogP contribution >= 0.6 is 7.82 Å². The highest BCUT2D eigenvalue weighted by Crippen LogP contribution is 2.39. The number of imidazole rings is 1. The highest BCUT2D eigenvalue weighted by atomic mass is 31.2. The Labute approximate surface area is 297 Å². The smallest absolute Gasteiger partial charge is 0.394 e. The molecule has 0 radical (unpaired) electrons. The van der Waals surface area contributed by atoms with E-state index in [4.69, 9.17) is 43.9 Å². The summed E-state index contributed by atoms with van der Waals surface area (Å²) in [7, 11) is -4.84. The first kappa shape index (κ1) is 42.2. The van der Waals surface area contributed by atoms with Gasteiger partial charge < -0.3 is 74.8 Å². The van der Waals surface area contributed by atoms with Crippen molar-refractivity contribution >= 4 is 30.7 Å². The number of nitrogen functional groups attached to an aromatic ring is 1. The molecule has 4 rings (SSSR count). The first-order valence-electron chi connectivity index (χ1n) is 16.5. The zero-order valence-corrected chi connectivity index (χ0v) is 29.2. The van der Waals surface area contributed by atoms with Gasteiger partial charge in [-0.1, -0.05) is 0 Å². The molecule has 52 heavy (non-hydrogen) atoms. The van der Waals surface area contributed by atoms with Crippen LogP contribution < -0.4 is 16.4 Å². The van der Waals surface area contributed by atoms with Gasteiger partial charge in [0.2, 0.25) is 5.91 Å². The van der Waals surface area contributed by atoms with Crippen LogP contribution in [-0.4, -0.2) is 169 Å². The van der Waals surface area contributed by atoms with E-state index in [-0.39, 0.29) is 50.2 Å². The Hall–Kier alpha value is -2.55. The van der Waals surface area contributed by atoms with Crippen LogP contribution in [0, 0.1) is 0 Å². The first-order chi connectivity index (χ1) is 24.8. The number of carbonyl (C=O) groups is 1. The third kappa shape index (κ3) is 12.0. The zero-order chi connectivity index (χ0) is 37.8. The Bertz CT molecular complexity index is 1440. The number of nitrogens with one attached hydrogen (secondary N) is 2. The zero-order valence-electron chi connectivity index (χ0n) is 28.3. The number of aliphatic hydroxyl groups excluding tert-OH is 5. The summed E-state index contributed by atoms with van der Waals surface area (Å²) >= 11 is 0. The second-order valence-corrected chi connectivity index (χ2v) is 13.2. The summed E-state index contributed by atoms with van der Waals surface area (Å²) in [6.07, 6.45) is -6.39. The molecule has 11 N–H and O–H groups in total. The number of hydrogen-bond donors (Lipinski definition) is 10. The fraction of sp³-hybridized carbons (Fsp3) is 0.786. The van der Waals surface area contributed by atoms with Crippen LogP contribution in [0.15, 0.2) is 12.7 Å². The topological polar surface area (TPSA) is 334 Å². The molecule has 0 bridgehead atoms. The maximum atomic E-state index is 11.5. The fourth-order valence-corrected chi connectivity index (χ4v) is 5.89. The quantitative estimate of drug-likeness (QED) is 0.0312. The second-order valence-electron chi connectivity index (χ2n) is 12.0. The van der Waals surface area contributed by atoms with E-state index in [0.29, 0.717) is 25.8 Å². The monoisotopic (exact) mass is 769 g/mol. The number of anilines is 1. The molecule has 2 aliphatic heterocycles. The summed E-state index contributed by atoms with van der Waals surface area (Å²) in [5.74, 6) is -0.333. The van der Waals surface area contributed by atoms with Gasteiger partial charge in [-0.3, -0.25) is 19.2 Å². The Morgan fingerprint density at radius 3 is 2.52 bits per heavy atom. The summed E-state index contributed by atoms with van der Waals surface area (Å²) in [5.41, 5.74) is 6.42. The van der Waals surface area contributed by atoms with Crippen molar-refractivity contribution in [3.8, 4) is 0 Å². The predicted molar refractivity (Wildman–Crippen MR) is 173 cm³/mol. The van der Waals surface area contributed by atoms with E-state index in [0.717, 1.165) is 0 Å². The molecule has 23 nitrogen and oxygen atoms in total. The lowest BCUT2D eigenvalue weighted by molar-refractivity contribution is -0.270. The molecule has 0 aromatic carbocycles. The number of amides is 1. The van der Waals surface area contributed by atoms with E-state index in [2.05, 4.69) is 30.1 Å². The maximum Gasteiger partial charge on any atom is 0.469 e. The van der Waals surface area contributed by atoms with Gasteiger partial charge in [0.15, 0.2) is 24.0 Å². The van der Waals surface area contributed by atoms with Gasteiger partial charge in [-0.15, -0.1) is 0 Å². The van der Waals surface area contributed by atoms with E-state index in [1.807, 2.05) is 0 Å². The molecule has 24 heteroatoms. The number of aliphatic hydroxyl groups is 5. The molecule has 2 fully saturated rings. The molecular formula is C28H48N7O16P. The van der Waals surface area contributed by atoms with Crippen LogP contribution in [0.4, 0.5) is 5.82 Å². The molecule has 2 aromatic rings. The molecule has 4 heterocycles. The summed E-state index contributed by atoms with van der Waals surface area (Å²) in [6.45, 7) is 0.841. The average molecular weight is 770 g/mol. The van der Waals surface area contributed by atoms with E-state index >= 15 is 0 Å². The first-order valence-corrected chi connectivity index (χ1v) is 18.0. The van der Waals surface area contributed by atoms with Gasteiger partial charge in [0.05, 0.1) is 39.4 Å². The van der Waals surface area contributed by atoms with Crippen molar-refractivity contribution in [1.82, 2.24) is 30.2 Å². The van der Waals surface area contributed by atoms with Crippen molar-refractivity contribution in [2.45, 2.75) is 87.6 Å². The summed E-state index contributed by atoms with van der Waals surface area (Å²) in [4.78, 5) is 41.9. The molecule has 2 aromatic heterocycles. The largest absolute Gasteiger partial charge is 0.469 e. The predicted octanol–water partition coefficient (Wildman–Crippen LogP) is -3.81. The minimum atomic E-state index is -4.84. The molecular weight excluding hydrogens is 721 g/mol. The highest BCUT2D eigenvalue weighted by Gasteiger charge is 2.47. The average Bonchev–Trinajstić information content (AvgIpc) is 3.66. The van der Waals surface area contributed by atoms with Crippen molar-refractivity contribution in [2.75, 3.05) is 58.7 Å². The van der Waals surface area contributed by atoms with Crippen molar-refractivity contribution in [1.29, 1.82) is 0 Å². The van der Waals surface area contributed by atoms with E-state index in [1.165, 1.54) is 24.1 Å². The van der Waals surface area contributed by atoms with Gasteiger partial charge in [-0.05, 0) is 19.3 Å². The van der Waals surface area contributed by atoms with Crippen molar-refractivity contribution in [3.63, 3.8) is 0 Å². The molecule has 1 unspecified atom stereocenters. The lowest BCUT2D eigenvalue weighted by Gasteiger charge is -2.42. The van der Waals surface area contributed by atoms with Crippen LogP contribution in [0.5, 0.6) is 0 Å². The Morgan fingerprint density at radius 2 is 1.79 bits per heavy atom. The lowest BCUT2D eigenvalue weighted by atomic mass is 9.97. The number of hydrogen-bond acceptors (Lipinski definition) is 19. The molecule has 0 spiro atoms.